The molecule has 2 aromatic rings. The summed E-state index contributed by atoms with van der Waals surface area (Å²) in [7, 11) is 0. The Morgan fingerprint density at radius 2 is 1.41 bits per heavy atom. The van der Waals surface area contributed by atoms with E-state index in [1.54, 1.807) is 0 Å². The fourth-order valence-electron chi connectivity index (χ4n) is 2.27. The molecule has 0 aromatic heterocycles. The van der Waals surface area contributed by atoms with Crippen LogP contribution in [-0.2, 0) is 6.42 Å². The Hall–Kier alpha value is -1.99. The average Bonchev–Trinajstić information content (AvgIpc) is 2.47. The normalized spacial score (nSPS) is 11.2. The Labute approximate surface area is 138 Å². The maximum atomic E-state index is 5.92. The molecule has 1 nitrogen and oxygen atoms in total. The highest BCUT2D eigenvalue weighted by Crippen LogP contribution is 2.28. The summed E-state index contributed by atoms with van der Waals surface area (Å²) in [6.07, 6.45) is 0.871. The van der Waals surface area contributed by atoms with Gasteiger partial charge in [-0.15, -0.1) is 0 Å². The van der Waals surface area contributed by atoms with Crippen molar-refractivity contribution >= 4 is 17.2 Å². The zero-order valence-electron chi connectivity index (χ0n) is 13.2. The van der Waals surface area contributed by atoms with E-state index < -0.39 is 0 Å². The number of nitrogens with two attached hydrogens (primary N) is 1. The summed E-state index contributed by atoms with van der Waals surface area (Å²) < 4.78 is 0. The lowest BCUT2D eigenvalue weighted by molar-refractivity contribution is 0.440. The number of halogens is 1. The third-order valence-electron chi connectivity index (χ3n) is 4.01. The van der Waals surface area contributed by atoms with Gasteiger partial charge in [0.05, 0.1) is 0 Å². The first-order valence-corrected chi connectivity index (χ1v) is 7.66. The molecular weight excluding hydrogens is 290 g/mol. The summed E-state index contributed by atoms with van der Waals surface area (Å²) >= 11 is 5.92. The van der Waals surface area contributed by atoms with Crippen LogP contribution >= 0.6 is 11.6 Å². The van der Waals surface area contributed by atoms with E-state index in [0.29, 0.717) is 5.70 Å². The molecule has 2 aromatic carbocycles. The molecule has 0 saturated heterocycles. The highest BCUT2D eigenvalue weighted by Gasteiger charge is 2.20. The van der Waals surface area contributed by atoms with Crippen LogP contribution < -0.4 is 5.73 Å². The molecule has 0 fully saturated rings. The number of hydrogen-bond donors (Lipinski definition) is 1. The molecule has 0 unspecified atom stereocenters. The Morgan fingerprint density at radius 3 is 1.86 bits per heavy atom. The summed E-state index contributed by atoms with van der Waals surface area (Å²) in [5.74, 6) is 0. The predicted octanol–water partition coefficient (Wildman–Crippen LogP) is 5.44. The van der Waals surface area contributed by atoms with Gasteiger partial charge in [0.25, 0.3) is 0 Å². The molecule has 0 amide bonds. The van der Waals surface area contributed by atoms with Gasteiger partial charge in [0, 0.05) is 16.1 Å². The monoisotopic (exact) mass is 311 g/mol. The largest absolute Gasteiger partial charge is 0.402 e. The third kappa shape index (κ3) is 3.80. The fraction of sp³-hybridized carbons (Fsp3) is 0.200. The molecule has 0 spiro atoms. The van der Waals surface area contributed by atoms with Crippen molar-refractivity contribution in [1.82, 2.24) is 0 Å². The van der Waals surface area contributed by atoms with Crippen molar-refractivity contribution < 1.29 is 0 Å². The highest BCUT2D eigenvalue weighted by atomic mass is 35.5. The molecular formula is C20H22ClN. The molecule has 0 atom stereocenters. The van der Waals surface area contributed by atoms with Crippen LogP contribution in [0.25, 0.3) is 5.57 Å². The van der Waals surface area contributed by atoms with Crippen molar-refractivity contribution in [3.8, 4) is 0 Å². The van der Waals surface area contributed by atoms with Gasteiger partial charge in [-0.2, -0.15) is 0 Å². The number of benzene rings is 2. The molecule has 22 heavy (non-hydrogen) atoms. The van der Waals surface area contributed by atoms with Crippen LogP contribution in [0.5, 0.6) is 0 Å². The second-order valence-corrected chi connectivity index (χ2v) is 6.70. The van der Waals surface area contributed by atoms with Crippen molar-refractivity contribution in [1.29, 1.82) is 0 Å². The standard InChI is InChI=1S/C20H22ClN/c1-14(18-9-11-19(21)12-10-18)17-7-5-16(6-8-17)13-20(3,4)15(2)22/h5-12H,1-2,13,22H2,3-4H3. The average molecular weight is 312 g/mol. The Morgan fingerprint density at radius 1 is 0.955 bits per heavy atom. The van der Waals surface area contributed by atoms with E-state index >= 15 is 0 Å². The van der Waals surface area contributed by atoms with Crippen LogP contribution in [0.15, 0.2) is 67.4 Å². The Bertz CT molecular complexity index is 679. The molecule has 0 bridgehead atoms. The number of rotatable bonds is 5. The minimum atomic E-state index is -0.102. The van der Waals surface area contributed by atoms with E-state index in [1.807, 2.05) is 24.3 Å². The Kier molecular flexibility index (Phi) is 4.77. The summed E-state index contributed by atoms with van der Waals surface area (Å²) in [5.41, 5.74) is 10.9. The zero-order chi connectivity index (χ0) is 16.3. The second-order valence-electron chi connectivity index (χ2n) is 6.27. The van der Waals surface area contributed by atoms with E-state index in [4.69, 9.17) is 17.3 Å². The quantitative estimate of drug-likeness (QED) is 0.781. The summed E-state index contributed by atoms with van der Waals surface area (Å²) in [5, 5.41) is 0.733. The minimum Gasteiger partial charge on any atom is -0.402 e. The van der Waals surface area contributed by atoms with E-state index in [1.165, 1.54) is 5.56 Å². The lowest BCUT2D eigenvalue weighted by Gasteiger charge is -2.24. The summed E-state index contributed by atoms with van der Waals surface area (Å²) in [6, 6.07) is 16.2. The second kappa shape index (κ2) is 6.41. The van der Waals surface area contributed by atoms with Gasteiger partial charge in [-0.25, -0.2) is 0 Å². The lowest BCUT2D eigenvalue weighted by Crippen LogP contribution is -2.22. The maximum absolute atomic E-state index is 5.92. The van der Waals surface area contributed by atoms with Crippen molar-refractivity contribution in [2.45, 2.75) is 20.3 Å². The fourth-order valence-corrected chi connectivity index (χ4v) is 2.39. The van der Waals surface area contributed by atoms with E-state index in [-0.39, 0.29) is 5.41 Å². The van der Waals surface area contributed by atoms with Gasteiger partial charge in [-0.3, -0.25) is 0 Å². The molecule has 0 radical (unpaired) electrons. The van der Waals surface area contributed by atoms with Crippen LogP contribution in [0.2, 0.25) is 5.02 Å². The smallest absolute Gasteiger partial charge is 0.0406 e. The van der Waals surface area contributed by atoms with E-state index in [2.05, 4.69) is 51.3 Å². The van der Waals surface area contributed by atoms with Gasteiger partial charge in [0.1, 0.15) is 0 Å². The first-order valence-electron chi connectivity index (χ1n) is 7.28. The van der Waals surface area contributed by atoms with Crippen molar-refractivity contribution in [2.75, 3.05) is 0 Å². The molecule has 2 N–H and O–H groups in total. The highest BCUT2D eigenvalue weighted by molar-refractivity contribution is 6.30. The van der Waals surface area contributed by atoms with Gasteiger partial charge in [0.2, 0.25) is 0 Å². The van der Waals surface area contributed by atoms with Crippen LogP contribution in [0.3, 0.4) is 0 Å². The van der Waals surface area contributed by atoms with Crippen LogP contribution in [0.4, 0.5) is 0 Å². The molecule has 0 heterocycles. The predicted molar refractivity (Wildman–Crippen MR) is 96.8 cm³/mol. The molecule has 0 aliphatic heterocycles. The van der Waals surface area contributed by atoms with E-state index in [0.717, 1.165) is 28.1 Å². The van der Waals surface area contributed by atoms with Gasteiger partial charge in [-0.1, -0.05) is 75.0 Å². The molecule has 2 rings (SSSR count). The first-order chi connectivity index (χ1) is 10.3. The van der Waals surface area contributed by atoms with Crippen molar-refractivity contribution in [3.63, 3.8) is 0 Å². The summed E-state index contributed by atoms with van der Waals surface area (Å²) in [6.45, 7) is 12.3. The van der Waals surface area contributed by atoms with Crippen LogP contribution in [0, 0.1) is 5.41 Å². The zero-order valence-corrected chi connectivity index (χ0v) is 14.0. The maximum Gasteiger partial charge on any atom is 0.0406 e. The van der Waals surface area contributed by atoms with Gasteiger partial charge in [0.15, 0.2) is 0 Å². The topological polar surface area (TPSA) is 26.0 Å². The third-order valence-corrected chi connectivity index (χ3v) is 4.26. The summed E-state index contributed by atoms with van der Waals surface area (Å²) in [4.78, 5) is 0. The minimum absolute atomic E-state index is 0.102. The number of allylic oxidation sites excluding steroid dienone is 1. The molecule has 0 aliphatic rings. The molecule has 2 heteroatoms. The van der Waals surface area contributed by atoms with Crippen LogP contribution in [-0.4, -0.2) is 0 Å². The molecule has 0 aliphatic carbocycles. The van der Waals surface area contributed by atoms with Gasteiger partial charge < -0.3 is 5.73 Å². The van der Waals surface area contributed by atoms with Gasteiger partial charge in [-0.05, 0) is 40.8 Å². The number of hydrogen-bond acceptors (Lipinski definition) is 1. The van der Waals surface area contributed by atoms with E-state index in [9.17, 15) is 0 Å². The lowest BCUT2D eigenvalue weighted by atomic mass is 9.83. The molecule has 114 valence electrons. The van der Waals surface area contributed by atoms with Crippen molar-refractivity contribution in [3.05, 3.63) is 89.1 Å². The Balaban J connectivity index is 2.16. The first kappa shape index (κ1) is 16.4. The van der Waals surface area contributed by atoms with Crippen LogP contribution in [0.1, 0.15) is 30.5 Å². The SMILES string of the molecule is C=C(c1ccc(Cl)cc1)c1ccc(CC(C)(C)C(=C)N)cc1. The van der Waals surface area contributed by atoms with Gasteiger partial charge >= 0.3 is 0 Å². The van der Waals surface area contributed by atoms with Crippen molar-refractivity contribution in [2.24, 2.45) is 11.1 Å². The molecule has 0 saturated carbocycles.